The zero-order valence-electron chi connectivity index (χ0n) is 12.5. The molecule has 0 aliphatic carbocycles. The normalized spacial score (nSPS) is 13.1. The van der Waals surface area contributed by atoms with Crippen LogP contribution >= 0.6 is 11.3 Å². The van der Waals surface area contributed by atoms with E-state index >= 15 is 0 Å². The van der Waals surface area contributed by atoms with E-state index < -0.39 is 5.97 Å². The zero-order valence-corrected chi connectivity index (χ0v) is 13.3. The summed E-state index contributed by atoms with van der Waals surface area (Å²) in [5.41, 5.74) is 0.604. The van der Waals surface area contributed by atoms with Crippen LogP contribution in [0.5, 0.6) is 11.5 Å². The lowest BCUT2D eigenvalue weighted by Gasteiger charge is -2.09. The maximum Gasteiger partial charge on any atom is 0.348 e. The van der Waals surface area contributed by atoms with Gasteiger partial charge in [0.15, 0.2) is 11.5 Å². The molecule has 0 fully saturated rings. The molecule has 0 radical (unpaired) electrons. The molecule has 0 bridgehead atoms. The highest BCUT2D eigenvalue weighted by molar-refractivity contribution is 7.16. The summed E-state index contributed by atoms with van der Waals surface area (Å²) in [5.74, 6) is 0.538. The number of hydrogen-bond acceptors (Lipinski definition) is 6. The predicted molar refractivity (Wildman–Crippen MR) is 85.7 cm³/mol. The molecule has 1 amide bonds. The molecular weight excluding hydrogens is 318 g/mol. The third-order valence-corrected chi connectivity index (χ3v) is 4.29. The highest BCUT2D eigenvalue weighted by Crippen LogP contribution is 2.32. The molecule has 2 aromatic rings. The van der Waals surface area contributed by atoms with Gasteiger partial charge in [-0.3, -0.25) is 4.79 Å². The molecule has 0 saturated carbocycles. The molecule has 23 heavy (non-hydrogen) atoms. The first-order valence-corrected chi connectivity index (χ1v) is 7.88. The van der Waals surface area contributed by atoms with Crippen molar-refractivity contribution in [3.63, 3.8) is 0 Å². The van der Waals surface area contributed by atoms with Crippen molar-refractivity contribution >= 4 is 28.9 Å². The van der Waals surface area contributed by atoms with Crippen molar-refractivity contribution in [1.82, 2.24) is 0 Å². The number of hydrogen-bond donors (Lipinski definition) is 1. The zero-order chi connectivity index (χ0) is 16.2. The van der Waals surface area contributed by atoms with Gasteiger partial charge in [-0.15, -0.1) is 11.3 Å². The van der Waals surface area contributed by atoms with Gasteiger partial charge >= 0.3 is 5.97 Å². The van der Waals surface area contributed by atoms with Crippen molar-refractivity contribution in [2.24, 2.45) is 0 Å². The number of carbonyl (C=O) groups excluding carboxylic acids is 2. The Kier molecular flexibility index (Phi) is 4.47. The van der Waals surface area contributed by atoms with Gasteiger partial charge in [-0.1, -0.05) is 0 Å². The number of nitrogens with one attached hydrogen (secondary N) is 1. The fraction of sp³-hybridized carbons (Fsp3) is 0.250. The number of amides is 1. The summed E-state index contributed by atoms with van der Waals surface area (Å²) in [7, 11) is 1.31. The van der Waals surface area contributed by atoms with Crippen molar-refractivity contribution in [2.45, 2.75) is 6.42 Å². The quantitative estimate of drug-likeness (QED) is 0.874. The van der Waals surface area contributed by atoms with Crippen molar-refractivity contribution < 1.29 is 23.8 Å². The minimum Gasteiger partial charge on any atom is -0.490 e. The first-order chi connectivity index (χ1) is 11.2. The molecule has 7 heteroatoms. The predicted octanol–water partition coefficient (Wildman–Crippen LogP) is 2.95. The summed E-state index contributed by atoms with van der Waals surface area (Å²) >= 11 is 1.08. The van der Waals surface area contributed by atoms with Gasteiger partial charge in [-0.25, -0.2) is 4.79 Å². The summed E-state index contributed by atoms with van der Waals surface area (Å²) in [6.45, 7) is 1.20. The van der Waals surface area contributed by atoms with Gasteiger partial charge in [0.25, 0.3) is 5.91 Å². The van der Waals surface area contributed by atoms with E-state index in [1.54, 1.807) is 30.3 Å². The topological polar surface area (TPSA) is 73.9 Å². The second-order valence-electron chi connectivity index (χ2n) is 4.82. The Balaban J connectivity index is 1.74. The van der Waals surface area contributed by atoms with Gasteiger partial charge in [0.05, 0.1) is 25.2 Å². The van der Waals surface area contributed by atoms with Crippen molar-refractivity contribution in [2.75, 3.05) is 25.6 Å². The van der Waals surface area contributed by atoms with Crippen LogP contribution in [0.4, 0.5) is 5.69 Å². The Bertz CT molecular complexity index is 740. The Morgan fingerprint density at radius 2 is 1.83 bits per heavy atom. The molecule has 0 spiro atoms. The van der Waals surface area contributed by atoms with E-state index in [0.717, 1.165) is 17.8 Å². The summed E-state index contributed by atoms with van der Waals surface area (Å²) in [4.78, 5) is 24.5. The molecule has 6 nitrogen and oxygen atoms in total. The lowest BCUT2D eigenvalue weighted by molar-refractivity contribution is 0.0606. The summed E-state index contributed by atoms with van der Waals surface area (Å²) < 4.78 is 15.8. The largest absolute Gasteiger partial charge is 0.490 e. The van der Waals surface area contributed by atoms with E-state index in [1.807, 2.05) is 0 Å². The first-order valence-electron chi connectivity index (χ1n) is 7.06. The molecule has 0 atom stereocenters. The SMILES string of the molecule is COC(=O)c1ccc(C(=O)Nc2ccc3c(c2)OCCCO3)s1. The maximum absolute atomic E-state index is 12.2. The van der Waals surface area contributed by atoms with Gasteiger partial charge in [0.2, 0.25) is 0 Å². The number of carbonyl (C=O) groups is 2. The first kappa shape index (κ1) is 15.4. The molecule has 2 heterocycles. The summed E-state index contributed by atoms with van der Waals surface area (Å²) in [6.07, 6.45) is 0.821. The van der Waals surface area contributed by atoms with Crippen LogP contribution < -0.4 is 14.8 Å². The van der Waals surface area contributed by atoms with Gasteiger partial charge in [0, 0.05) is 18.2 Å². The molecule has 1 N–H and O–H groups in total. The van der Waals surface area contributed by atoms with Crippen LogP contribution in [-0.4, -0.2) is 32.2 Å². The molecule has 3 rings (SSSR count). The highest BCUT2D eigenvalue weighted by Gasteiger charge is 2.16. The number of fused-ring (bicyclic) bond motifs is 1. The number of thiophene rings is 1. The van der Waals surface area contributed by atoms with E-state index in [2.05, 4.69) is 10.1 Å². The number of methoxy groups -OCH3 is 1. The standard InChI is InChI=1S/C16H15NO5S/c1-20-16(19)14-6-5-13(23-14)15(18)17-10-3-4-11-12(9-10)22-8-2-7-21-11/h3-6,9H,2,7-8H2,1H3,(H,17,18). The molecule has 1 aliphatic rings. The number of rotatable bonds is 3. The van der Waals surface area contributed by atoms with Gasteiger partial charge < -0.3 is 19.5 Å². The van der Waals surface area contributed by atoms with Crippen molar-refractivity contribution in [1.29, 1.82) is 0 Å². The lowest BCUT2D eigenvalue weighted by Crippen LogP contribution is -2.10. The lowest BCUT2D eigenvalue weighted by atomic mass is 10.2. The summed E-state index contributed by atoms with van der Waals surface area (Å²) in [6, 6.07) is 8.41. The monoisotopic (exact) mass is 333 g/mol. The van der Waals surface area contributed by atoms with Gasteiger partial charge in [0.1, 0.15) is 4.88 Å². The van der Waals surface area contributed by atoms with Gasteiger partial charge in [-0.2, -0.15) is 0 Å². The minimum absolute atomic E-state index is 0.292. The average Bonchev–Trinajstić information content (AvgIpc) is 2.94. The average molecular weight is 333 g/mol. The van der Waals surface area contributed by atoms with E-state index in [0.29, 0.717) is 40.2 Å². The molecule has 120 valence electrons. The smallest absolute Gasteiger partial charge is 0.348 e. The third kappa shape index (κ3) is 3.45. The van der Waals surface area contributed by atoms with Crippen LogP contribution in [0.25, 0.3) is 0 Å². The Hall–Kier alpha value is -2.54. The van der Waals surface area contributed by atoms with Crippen LogP contribution in [0.3, 0.4) is 0 Å². The second-order valence-corrected chi connectivity index (χ2v) is 5.91. The number of anilines is 1. The van der Waals surface area contributed by atoms with Crippen LogP contribution in [0.2, 0.25) is 0 Å². The Labute approximate surface area is 137 Å². The Morgan fingerprint density at radius 3 is 2.61 bits per heavy atom. The van der Waals surface area contributed by atoms with Crippen molar-refractivity contribution in [3.8, 4) is 11.5 Å². The second kappa shape index (κ2) is 6.70. The van der Waals surface area contributed by atoms with Crippen LogP contribution in [0.1, 0.15) is 25.8 Å². The van der Waals surface area contributed by atoms with E-state index in [1.165, 1.54) is 7.11 Å². The molecule has 0 unspecified atom stereocenters. The van der Waals surface area contributed by atoms with Crippen LogP contribution in [-0.2, 0) is 4.74 Å². The minimum atomic E-state index is -0.454. The van der Waals surface area contributed by atoms with E-state index in [-0.39, 0.29) is 5.91 Å². The fourth-order valence-electron chi connectivity index (χ4n) is 2.10. The maximum atomic E-state index is 12.2. The van der Waals surface area contributed by atoms with Crippen LogP contribution in [0, 0.1) is 0 Å². The van der Waals surface area contributed by atoms with Crippen molar-refractivity contribution in [3.05, 3.63) is 40.1 Å². The number of benzene rings is 1. The van der Waals surface area contributed by atoms with Gasteiger partial charge in [-0.05, 0) is 24.3 Å². The molecule has 0 saturated heterocycles. The molecule has 1 aliphatic heterocycles. The number of ether oxygens (including phenoxy) is 3. The molecular formula is C16H15NO5S. The van der Waals surface area contributed by atoms with E-state index in [4.69, 9.17) is 9.47 Å². The van der Waals surface area contributed by atoms with E-state index in [9.17, 15) is 9.59 Å². The van der Waals surface area contributed by atoms with Crippen LogP contribution in [0.15, 0.2) is 30.3 Å². The molecule has 1 aromatic heterocycles. The fourth-order valence-corrected chi connectivity index (χ4v) is 2.92. The Morgan fingerprint density at radius 1 is 1.09 bits per heavy atom. The summed E-state index contributed by atoms with van der Waals surface area (Å²) in [5, 5.41) is 2.78. The third-order valence-electron chi connectivity index (χ3n) is 3.22. The number of esters is 1. The highest BCUT2D eigenvalue weighted by atomic mass is 32.1. The molecule has 1 aromatic carbocycles.